The first-order chi connectivity index (χ1) is 13.2. The molecule has 27 heavy (non-hydrogen) atoms. The molecule has 3 heteroatoms. The van der Waals surface area contributed by atoms with Crippen molar-refractivity contribution in [3.8, 4) is 16.9 Å². The van der Waals surface area contributed by atoms with Gasteiger partial charge in [0.25, 0.3) is 0 Å². The largest absolute Gasteiger partial charge is 0.497 e. The summed E-state index contributed by atoms with van der Waals surface area (Å²) in [5, 5.41) is 0.899. The second-order valence-electron chi connectivity index (χ2n) is 7.01. The first kappa shape index (κ1) is 19.2. The van der Waals surface area contributed by atoms with Crippen LogP contribution in [0.15, 0.2) is 51.7 Å². The lowest BCUT2D eigenvalue weighted by molar-refractivity contribution is 0.414. The van der Waals surface area contributed by atoms with E-state index >= 15 is 0 Å². The molecule has 1 aromatic heterocycles. The highest BCUT2D eigenvalue weighted by Crippen LogP contribution is 2.28. The molecule has 0 N–H and O–H groups in total. The topological polar surface area (TPSA) is 39.4 Å². The Morgan fingerprint density at radius 2 is 1.78 bits per heavy atom. The summed E-state index contributed by atoms with van der Waals surface area (Å²) in [6, 6.07) is 14.0. The van der Waals surface area contributed by atoms with Crippen molar-refractivity contribution >= 4 is 11.0 Å². The molecule has 2 aromatic carbocycles. The van der Waals surface area contributed by atoms with Gasteiger partial charge in [0.2, 0.25) is 0 Å². The van der Waals surface area contributed by atoms with Crippen LogP contribution in [0.5, 0.6) is 5.75 Å². The number of hydrogen-bond acceptors (Lipinski definition) is 3. The summed E-state index contributed by atoms with van der Waals surface area (Å²) in [6.07, 6.45) is 7.02. The van der Waals surface area contributed by atoms with Gasteiger partial charge in [0, 0.05) is 11.5 Å². The van der Waals surface area contributed by atoms with E-state index in [2.05, 4.69) is 32.0 Å². The van der Waals surface area contributed by atoms with Gasteiger partial charge in [0.05, 0.1) is 12.7 Å². The van der Waals surface area contributed by atoms with Crippen molar-refractivity contribution in [3.05, 3.63) is 64.0 Å². The van der Waals surface area contributed by atoms with Crippen molar-refractivity contribution in [2.45, 2.75) is 52.4 Å². The average Bonchev–Trinajstić information content (AvgIpc) is 2.70. The lowest BCUT2D eigenvalue weighted by atomic mass is 9.94. The smallest absolute Gasteiger partial charge is 0.344 e. The van der Waals surface area contributed by atoms with Gasteiger partial charge in [0.15, 0.2) is 0 Å². The molecule has 0 aliphatic carbocycles. The van der Waals surface area contributed by atoms with Gasteiger partial charge >= 0.3 is 5.63 Å². The van der Waals surface area contributed by atoms with Gasteiger partial charge < -0.3 is 9.15 Å². The number of fused-ring (bicyclic) bond motifs is 1. The van der Waals surface area contributed by atoms with Crippen LogP contribution in [0, 0.1) is 0 Å². The summed E-state index contributed by atoms with van der Waals surface area (Å²) in [7, 11) is 1.60. The molecular weight excluding hydrogens is 336 g/mol. The van der Waals surface area contributed by atoms with Crippen molar-refractivity contribution < 1.29 is 9.15 Å². The molecule has 0 fully saturated rings. The van der Waals surface area contributed by atoms with Crippen molar-refractivity contribution in [2.75, 3.05) is 7.11 Å². The van der Waals surface area contributed by atoms with Gasteiger partial charge in [-0.05, 0) is 54.2 Å². The monoisotopic (exact) mass is 364 g/mol. The Kier molecular flexibility index (Phi) is 6.33. The molecule has 0 saturated carbocycles. The van der Waals surface area contributed by atoms with Crippen LogP contribution >= 0.6 is 0 Å². The standard InChI is InChI=1S/C24H28O3/c1-4-6-7-8-9-17-10-13-21(18(5-2)14-17)22-15-19-11-12-20(26-3)16-23(19)27-24(22)25/h10-16H,4-9H2,1-3H3. The van der Waals surface area contributed by atoms with Crippen molar-refractivity contribution in [2.24, 2.45) is 0 Å². The van der Waals surface area contributed by atoms with E-state index in [1.54, 1.807) is 13.2 Å². The van der Waals surface area contributed by atoms with Crippen LogP contribution in [-0.4, -0.2) is 7.11 Å². The minimum Gasteiger partial charge on any atom is -0.497 e. The van der Waals surface area contributed by atoms with Gasteiger partial charge in [-0.2, -0.15) is 0 Å². The Hall–Kier alpha value is -2.55. The number of rotatable bonds is 8. The highest BCUT2D eigenvalue weighted by Gasteiger charge is 2.12. The molecule has 0 atom stereocenters. The minimum atomic E-state index is -0.304. The van der Waals surface area contributed by atoms with E-state index in [0.717, 1.165) is 23.8 Å². The van der Waals surface area contributed by atoms with Crippen LogP contribution in [-0.2, 0) is 12.8 Å². The van der Waals surface area contributed by atoms with E-state index in [0.29, 0.717) is 16.9 Å². The third kappa shape index (κ3) is 4.41. The van der Waals surface area contributed by atoms with Crippen molar-refractivity contribution in [1.82, 2.24) is 0 Å². The zero-order valence-corrected chi connectivity index (χ0v) is 16.5. The fourth-order valence-electron chi connectivity index (χ4n) is 3.52. The molecule has 0 aliphatic heterocycles. The maximum atomic E-state index is 12.6. The van der Waals surface area contributed by atoms with E-state index in [1.165, 1.54) is 36.8 Å². The molecule has 3 nitrogen and oxygen atoms in total. The van der Waals surface area contributed by atoms with Gasteiger partial charge in [-0.3, -0.25) is 0 Å². The maximum absolute atomic E-state index is 12.6. The predicted octanol–water partition coefficient (Wildman–Crippen LogP) is 6.15. The molecule has 142 valence electrons. The Bertz CT molecular complexity index is 969. The number of unbranched alkanes of at least 4 members (excludes halogenated alkanes) is 3. The first-order valence-electron chi connectivity index (χ1n) is 9.90. The van der Waals surface area contributed by atoms with Crippen LogP contribution in [0.2, 0.25) is 0 Å². The normalized spacial score (nSPS) is 11.1. The van der Waals surface area contributed by atoms with Gasteiger partial charge in [-0.15, -0.1) is 0 Å². The molecular formula is C24H28O3. The van der Waals surface area contributed by atoms with Crippen LogP contribution < -0.4 is 10.4 Å². The van der Waals surface area contributed by atoms with E-state index in [1.807, 2.05) is 18.2 Å². The van der Waals surface area contributed by atoms with Gasteiger partial charge in [-0.25, -0.2) is 4.79 Å². The Balaban J connectivity index is 1.95. The number of benzene rings is 2. The van der Waals surface area contributed by atoms with E-state index in [9.17, 15) is 4.79 Å². The zero-order valence-electron chi connectivity index (χ0n) is 16.5. The lowest BCUT2D eigenvalue weighted by Crippen LogP contribution is -2.05. The van der Waals surface area contributed by atoms with Crippen LogP contribution in [0.25, 0.3) is 22.1 Å². The molecule has 0 saturated heterocycles. The molecule has 1 heterocycles. The summed E-state index contributed by atoms with van der Waals surface area (Å²) < 4.78 is 10.8. The third-order valence-corrected chi connectivity index (χ3v) is 5.10. The second-order valence-corrected chi connectivity index (χ2v) is 7.01. The number of ether oxygens (including phenoxy) is 1. The van der Waals surface area contributed by atoms with E-state index < -0.39 is 0 Å². The number of aryl methyl sites for hydroxylation is 2. The SMILES string of the molecule is CCCCCCc1ccc(-c2cc3ccc(OC)cc3oc2=O)c(CC)c1. The summed E-state index contributed by atoms with van der Waals surface area (Å²) in [5.74, 6) is 0.681. The Morgan fingerprint density at radius 3 is 2.52 bits per heavy atom. The first-order valence-corrected chi connectivity index (χ1v) is 9.90. The fourth-order valence-corrected chi connectivity index (χ4v) is 3.52. The minimum absolute atomic E-state index is 0.304. The molecule has 0 unspecified atom stereocenters. The highest BCUT2D eigenvalue weighted by atomic mass is 16.5. The highest BCUT2D eigenvalue weighted by molar-refractivity contribution is 5.83. The zero-order chi connectivity index (χ0) is 19.2. The second kappa shape index (κ2) is 8.90. The average molecular weight is 364 g/mol. The van der Waals surface area contributed by atoms with Crippen LogP contribution in [0.3, 0.4) is 0 Å². The molecule has 0 spiro atoms. The summed E-state index contributed by atoms with van der Waals surface area (Å²) >= 11 is 0. The van der Waals surface area contributed by atoms with Crippen molar-refractivity contribution in [1.29, 1.82) is 0 Å². The number of hydrogen-bond donors (Lipinski definition) is 0. The van der Waals surface area contributed by atoms with Gasteiger partial charge in [-0.1, -0.05) is 51.3 Å². The van der Waals surface area contributed by atoms with Crippen LogP contribution in [0.1, 0.15) is 50.7 Å². The molecule has 0 bridgehead atoms. The maximum Gasteiger partial charge on any atom is 0.344 e. The summed E-state index contributed by atoms with van der Waals surface area (Å²) in [5.41, 5.74) is 4.39. The summed E-state index contributed by atoms with van der Waals surface area (Å²) in [4.78, 5) is 12.6. The van der Waals surface area contributed by atoms with Crippen molar-refractivity contribution in [3.63, 3.8) is 0 Å². The molecule has 0 amide bonds. The third-order valence-electron chi connectivity index (χ3n) is 5.10. The molecule has 3 aromatic rings. The fraction of sp³-hybridized carbons (Fsp3) is 0.375. The Morgan fingerprint density at radius 1 is 0.926 bits per heavy atom. The van der Waals surface area contributed by atoms with E-state index in [-0.39, 0.29) is 5.63 Å². The number of methoxy groups -OCH3 is 1. The Labute approximate surface area is 161 Å². The predicted molar refractivity (Wildman–Crippen MR) is 112 cm³/mol. The van der Waals surface area contributed by atoms with Crippen LogP contribution in [0.4, 0.5) is 0 Å². The van der Waals surface area contributed by atoms with Gasteiger partial charge in [0.1, 0.15) is 11.3 Å². The van der Waals surface area contributed by atoms with E-state index in [4.69, 9.17) is 9.15 Å². The molecule has 0 aliphatic rings. The summed E-state index contributed by atoms with van der Waals surface area (Å²) in [6.45, 7) is 4.36. The molecule has 0 radical (unpaired) electrons. The molecule has 3 rings (SSSR count). The quantitative estimate of drug-likeness (QED) is 0.355. The lowest BCUT2D eigenvalue weighted by Gasteiger charge is -2.11.